The number of carboxylic acids is 1. The zero-order valence-corrected chi connectivity index (χ0v) is 15.6. The Labute approximate surface area is 162 Å². The monoisotopic (exact) mass is 384 g/mol. The summed E-state index contributed by atoms with van der Waals surface area (Å²) >= 11 is 0. The summed E-state index contributed by atoms with van der Waals surface area (Å²) < 4.78 is 13.8. The average Bonchev–Trinajstić information content (AvgIpc) is 3.48. The number of nitrogens with zero attached hydrogens (tertiary/aromatic N) is 1. The maximum Gasteiger partial charge on any atom is 0.326 e. The summed E-state index contributed by atoms with van der Waals surface area (Å²) in [6.07, 6.45) is 1.54. The van der Waals surface area contributed by atoms with E-state index >= 15 is 0 Å². The molecule has 28 heavy (non-hydrogen) atoms. The van der Waals surface area contributed by atoms with Gasteiger partial charge in [0.15, 0.2) is 0 Å². The molecule has 1 atom stereocenters. The van der Waals surface area contributed by atoms with E-state index in [0.717, 1.165) is 12.8 Å². The second-order valence-corrected chi connectivity index (χ2v) is 6.92. The second-order valence-electron chi connectivity index (χ2n) is 6.92. The number of aliphatic carboxylic acids is 1. The van der Waals surface area contributed by atoms with Crippen molar-refractivity contribution >= 4 is 23.5 Å². The van der Waals surface area contributed by atoms with Crippen LogP contribution >= 0.6 is 0 Å². The van der Waals surface area contributed by atoms with Crippen molar-refractivity contribution < 1.29 is 23.9 Å². The van der Waals surface area contributed by atoms with Gasteiger partial charge >= 0.3 is 5.97 Å². The van der Waals surface area contributed by atoms with E-state index in [0.29, 0.717) is 11.3 Å². The molecular formula is C21H21FN2O4. The Bertz CT molecular complexity index is 940. The van der Waals surface area contributed by atoms with Gasteiger partial charge in [-0.1, -0.05) is 18.2 Å². The van der Waals surface area contributed by atoms with E-state index in [1.807, 2.05) is 0 Å². The number of carbonyl (C=O) groups excluding carboxylic acids is 2. The molecule has 3 rings (SSSR count). The molecule has 1 saturated carbocycles. The molecule has 146 valence electrons. The summed E-state index contributed by atoms with van der Waals surface area (Å²) in [6.45, 7) is 3.23. The standard InChI is InChI=1S/C21H21FN2O4/c1-12-7-8-14(20(26)24(15-9-10-15)13(2)21(27)28)11-18(12)23-19(25)16-5-3-4-6-17(16)22/h3-8,11,13,15H,9-10H2,1-2H3,(H,23,25)(H,27,28). The van der Waals surface area contributed by atoms with Gasteiger partial charge < -0.3 is 15.3 Å². The van der Waals surface area contributed by atoms with Gasteiger partial charge in [-0.05, 0) is 56.5 Å². The normalized spacial score (nSPS) is 14.2. The number of rotatable bonds is 6. The lowest BCUT2D eigenvalue weighted by molar-refractivity contribution is -0.141. The molecule has 0 heterocycles. The van der Waals surface area contributed by atoms with Gasteiger partial charge in [-0.25, -0.2) is 9.18 Å². The maximum absolute atomic E-state index is 13.8. The lowest BCUT2D eigenvalue weighted by Crippen LogP contribution is -2.44. The molecule has 0 saturated heterocycles. The van der Waals surface area contributed by atoms with Crippen LogP contribution in [0.3, 0.4) is 0 Å². The quantitative estimate of drug-likeness (QED) is 0.799. The highest BCUT2D eigenvalue weighted by Gasteiger charge is 2.38. The third kappa shape index (κ3) is 4.03. The van der Waals surface area contributed by atoms with E-state index in [1.165, 1.54) is 36.1 Å². The molecule has 1 aliphatic carbocycles. The van der Waals surface area contributed by atoms with Crippen LogP contribution in [0.4, 0.5) is 10.1 Å². The van der Waals surface area contributed by atoms with Crippen LogP contribution in [0.25, 0.3) is 0 Å². The molecule has 0 bridgehead atoms. The molecular weight excluding hydrogens is 363 g/mol. The summed E-state index contributed by atoms with van der Waals surface area (Å²) in [6, 6.07) is 9.36. The number of halogens is 1. The highest BCUT2D eigenvalue weighted by atomic mass is 19.1. The zero-order valence-electron chi connectivity index (χ0n) is 15.6. The number of anilines is 1. The number of hydrogen-bond acceptors (Lipinski definition) is 3. The minimum atomic E-state index is -1.07. The largest absolute Gasteiger partial charge is 0.480 e. The van der Waals surface area contributed by atoms with Crippen LogP contribution in [-0.2, 0) is 4.79 Å². The molecule has 2 aromatic carbocycles. The Hall–Kier alpha value is -3.22. The number of benzene rings is 2. The maximum atomic E-state index is 13.8. The Morgan fingerprint density at radius 1 is 1.18 bits per heavy atom. The predicted molar refractivity (Wildman–Crippen MR) is 102 cm³/mol. The van der Waals surface area contributed by atoms with E-state index < -0.39 is 29.6 Å². The number of nitrogens with one attached hydrogen (secondary N) is 1. The van der Waals surface area contributed by atoms with Crippen molar-refractivity contribution in [1.82, 2.24) is 4.90 Å². The summed E-state index contributed by atoms with van der Waals surface area (Å²) in [5, 5.41) is 11.9. The SMILES string of the molecule is Cc1ccc(C(=O)N(C2CC2)C(C)C(=O)O)cc1NC(=O)c1ccccc1F. The third-order valence-electron chi connectivity index (χ3n) is 4.80. The Morgan fingerprint density at radius 2 is 1.86 bits per heavy atom. The van der Waals surface area contributed by atoms with Gasteiger partial charge in [0.2, 0.25) is 0 Å². The van der Waals surface area contributed by atoms with Crippen molar-refractivity contribution in [2.75, 3.05) is 5.32 Å². The summed E-state index contributed by atoms with van der Waals surface area (Å²) in [5.41, 5.74) is 1.25. The molecule has 0 spiro atoms. The molecule has 1 fully saturated rings. The lowest BCUT2D eigenvalue weighted by Gasteiger charge is -2.26. The molecule has 2 amide bonds. The van der Waals surface area contributed by atoms with Crippen LogP contribution in [0.1, 0.15) is 46.0 Å². The molecule has 0 aliphatic heterocycles. The van der Waals surface area contributed by atoms with E-state index in [9.17, 15) is 23.9 Å². The smallest absolute Gasteiger partial charge is 0.326 e. The van der Waals surface area contributed by atoms with E-state index in [2.05, 4.69) is 5.32 Å². The zero-order chi connectivity index (χ0) is 20.4. The number of hydrogen-bond donors (Lipinski definition) is 2. The lowest BCUT2D eigenvalue weighted by atomic mass is 10.1. The topological polar surface area (TPSA) is 86.7 Å². The van der Waals surface area contributed by atoms with Crippen molar-refractivity contribution in [3.05, 3.63) is 65.0 Å². The first-order chi connectivity index (χ1) is 13.3. The second kappa shape index (κ2) is 7.80. The minimum Gasteiger partial charge on any atom is -0.480 e. The van der Waals surface area contributed by atoms with Gasteiger partial charge in [-0.2, -0.15) is 0 Å². The average molecular weight is 384 g/mol. The molecule has 1 unspecified atom stereocenters. The molecule has 7 heteroatoms. The van der Waals surface area contributed by atoms with E-state index in [-0.39, 0.29) is 17.2 Å². The molecule has 2 N–H and O–H groups in total. The fourth-order valence-corrected chi connectivity index (χ4v) is 3.00. The van der Waals surface area contributed by atoms with Crippen LogP contribution in [0, 0.1) is 12.7 Å². The fraction of sp³-hybridized carbons (Fsp3) is 0.286. The van der Waals surface area contributed by atoms with Gasteiger partial charge in [0.05, 0.1) is 5.56 Å². The summed E-state index contributed by atoms with van der Waals surface area (Å²) in [5.74, 6) is -2.73. The molecule has 2 aromatic rings. The van der Waals surface area contributed by atoms with Crippen molar-refractivity contribution in [3.63, 3.8) is 0 Å². The molecule has 1 aliphatic rings. The Morgan fingerprint density at radius 3 is 2.46 bits per heavy atom. The van der Waals surface area contributed by atoms with Crippen LogP contribution < -0.4 is 5.32 Å². The van der Waals surface area contributed by atoms with E-state index in [4.69, 9.17) is 0 Å². The first kappa shape index (κ1) is 19.5. The fourth-order valence-electron chi connectivity index (χ4n) is 3.00. The van der Waals surface area contributed by atoms with Crippen LogP contribution in [0.5, 0.6) is 0 Å². The van der Waals surface area contributed by atoms with Crippen LogP contribution in [-0.4, -0.2) is 39.9 Å². The van der Waals surface area contributed by atoms with Crippen molar-refractivity contribution in [2.45, 2.75) is 38.8 Å². The van der Waals surface area contributed by atoms with Gasteiger partial charge in [0.25, 0.3) is 11.8 Å². The number of carbonyl (C=O) groups is 3. The first-order valence-electron chi connectivity index (χ1n) is 9.01. The first-order valence-corrected chi connectivity index (χ1v) is 9.01. The number of carboxylic acid groups (broad SMARTS) is 1. The minimum absolute atomic E-state index is 0.0867. The van der Waals surface area contributed by atoms with Crippen molar-refractivity contribution in [3.8, 4) is 0 Å². The Balaban J connectivity index is 1.86. The number of amides is 2. The van der Waals surface area contributed by atoms with Gasteiger partial charge in [0, 0.05) is 17.3 Å². The summed E-state index contributed by atoms with van der Waals surface area (Å²) in [7, 11) is 0. The van der Waals surface area contributed by atoms with Crippen LogP contribution in [0.2, 0.25) is 0 Å². The highest BCUT2D eigenvalue weighted by molar-refractivity contribution is 6.06. The van der Waals surface area contributed by atoms with Gasteiger partial charge in [0.1, 0.15) is 11.9 Å². The summed E-state index contributed by atoms with van der Waals surface area (Å²) in [4.78, 5) is 38.1. The van der Waals surface area contributed by atoms with Gasteiger partial charge in [-0.3, -0.25) is 9.59 Å². The molecule has 0 aromatic heterocycles. The molecule has 6 nitrogen and oxygen atoms in total. The number of aryl methyl sites for hydroxylation is 1. The third-order valence-corrected chi connectivity index (χ3v) is 4.80. The van der Waals surface area contributed by atoms with E-state index in [1.54, 1.807) is 25.1 Å². The van der Waals surface area contributed by atoms with Gasteiger partial charge in [-0.15, -0.1) is 0 Å². The predicted octanol–water partition coefficient (Wildman–Crippen LogP) is 3.46. The highest BCUT2D eigenvalue weighted by Crippen LogP contribution is 2.31. The molecule has 0 radical (unpaired) electrons. The Kier molecular flexibility index (Phi) is 5.44. The van der Waals surface area contributed by atoms with Crippen molar-refractivity contribution in [1.29, 1.82) is 0 Å². The van der Waals surface area contributed by atoms with Crippen LogP contribution in [0.15, 0.2) is 42.5 Å². The van der Waals surface area contributed by atoms with Crippen molar-refractivity contribution in [2.24, 2.45) is 0 Å².